The van der Waals surface area contributed by atoms with Gasteiger partial charge in [-0.1, -0.05) is 36.4 Å². The minimum atomic E-state index is -0.922. The maximum absolute atomic E-state index is 12.2. The number of nitrogens with zero attached hydrogens (tertiary/aromatic N) is 3. The normalized spacial score (nSPS) is 19.0. The molecule has 2 heterocycles. The van der Waals surface area contributed by atoms with Crippen molar-refractivity contribution in [2.75, 3.05) is 26.2 Å². The monoisotopic (exact) mass is 351 g/mol. The van der Waals surface area contributed by atoms with Crippen molar-refractivity contribution in [3.8, 4) is 0 Å². The smallest absolute Gasteiger partial charge is 0.407 e. The zero-order valence-electron chi connectivity index (χ0n) is 14.0. The van der Waals surface area contributed by atoms with Crippen LogP contribution in [0.2, 0.25) is 0 Å². The van der Waals surface area contributed by atoms with E-state index in [0.717, 1.165) is 16.3 Å². The van der Waals surface area contributed by atoms with Crippen molar-refractivity contribution >= 4 is 28.7 Å². The fourth-order valence-electron chi connectivity index (χ4n) is 3.14. The van der Waals surface area contributed by atoms with Crippen molar-refractivity contribution < 1.29 is 19.4 Å². The maximum atomic E-state index is 12.2. The summed E-state index contributed by atoms with van der Waals surface area (Å²) in [6, 6.07) is 13.6. The van der Waals surface area contributed by atoms with Crippen molar-refractivity contribution in [2.45, 2.75) is 0 Å². The third-order valence-electron chi connectivity index (χ3n) is 4.53. The molecule has 0 unspecified atom stereocenters. The Balaban J connectivity index is 1.59. The minimum Gasteiger partial charge on any atom is -0.465 e. The van der Waals surface area contributed by atoms with Gasteiger partial charge in [-0.2, -0.15) is 0 Å². The summed E-state index contributed by atoms with van der Waals surface area (Å²) in [7, 11) is 0. The number of carboxylic acid groups (broad SMARTS) is 1. The highest BCUT2D eigenvalue weighted by atomic mass is 16.6. The molecule has 2 aliphatic rings. The fraction of sp³-hybridized carbons (Fsp3) is 0.211. The predicted octanol–water partition coefficient (Wildman–Crippen LogP) is 2.28. The molecule has 1 N–H and O–H groups in total. The molecule has 26 heavy (non-hydrogen) atoms. The van der Waals surface area contributed by atoms with E-state index in [9.17, 15) is 9.59 Å². The predicted molar refractivity (Wildman–Crippen MR) is 95.8 cm³/mol. The average molecular weight is 351 g/mol. The molecule has 132 valence electrons. The number of esters is 1. The average Bonchev–Trinajstić information content (AvgIpc) is 3.02. The Hall–Kier alpha value is -3.35. The number of cyclic esters (lactones) is 1. The lowest BCUT2D eigenvalue weighted by molar-refractivity contribution is -0.130. The Morgan fingerprint density at radius 1 is 1.08 bits per heavy atom. The summed E-state index contributed by atoms with van der Waals surface area (Å²) < 4.78 is 5.38. The molecule has 0 spiro atoms. The first-order chi connectivity index (χ1) is 12.6. The van der Waals surface area contributed by atoms with E-state index >= 15 is 0 Å². The summed E-state index contributed by atoms with van der Waals surface area (Å²) in [5.41, 5.74) is 1.01. The van der Waals surface area contributed by atoms with E-state index in [0.29, 0.717) is 32.1 Å². The summed E-state index contributed by atoms with van der Waals surface area (Å²) in [4.78, 5) is 30.8. The molecular formula is C19H17N3O4. The maximum Gasteiger partial charge on any atom is 0.407 e. The van der Waals surface area contributed by atoms with Gasteiger partial charge in [-0.05, 0) is 16.8 Å². The summed E-state index contributed by atoms with van der Waals surface area (Å²) in [6.07, 6.45) is 0.730. The van der Waals surface area contributed by atoms with Gasteiger partial charge in [0.15, 0.2) is 5.70 Å². The van der Waals surface area contributed by atoms with E-state index < -0.39 is 12.1 Å². The van der Waals surface area contributed by atoms with Crippen LogP contribution in [0.3, 0.4) is 0 Å². The molecule has 0 radical (unpaired) electrons. The molecule has 0 saturated carbocycles. The van der Waals surface area contributed by atoms with Crippen LogP contribution in [0.5, 0.6) is 0 Å². The molecule has 1 amide bonds. The van der Waals surface area contributed by atoms with Crippen molar-refractivity contribution in [2.24, 2.45) is 4.99 Å². The summed E-state index contributed by atoms with van der Waals surface area (Å²) in [6.45, 7) is 1.83. The van der Waals surface area contributed by atoms with E-state index in [2.05, 4.69) is 4.99 Å². The number of hydrogen-bond acceptors (Lipinski definition) is 5. The van der Waals surface area contributed by atoms with E-state index in [1.165, 1.54) is 4.90 Å². The number of piperazine rings is 1. The van der Waals surface area contributed by atoms with Crippen LogP contribution in [-0.2, 0) is 9.53 Å². The highest BCUT2D eigenvalue weighted by molar-refractivity contribution is 6.16. The van der Waals surface area contributed by atoms with Crippen molar-refractivity contribution in [1.82, 2.24) is 9.80 Å². The van der Waals surface area contributed by atoms with Gasteiger partial charge in [0.05, 0.1) is 0 Å². The van der Waals surface area contributed by atoms with Crippen LogP contribution in [0.1, 0.15) is 5.56 Å². The van der Waals surface area contributed by atoms with Gasteiger partial charge in [-0.25, -0.2) is 14.6 Å². The number of benzene rings is 2. The molecule has 2 aliphatic heterocycles. The van der Waals surface area contributed by atoms with Crippen LogP contribution in [0.15, 0.2) is 59.4 Å². The number of carbonyl (C=O) groups is 2. The van der Waals surface area contributed by atoms with Crippen LogP contribution in [0.4, 0.5) is 4.79 Å². The summed E-state index contributed by atoms with van der Waals surface area (Å²) in [5, 5.41) is 11.0. The van der Waals surface area contributed by atoms with Gasteiger partial charge in [0.2, 0.25) is 5.90 Å². The standard InChI is InChI=1S/C19H17N3O4/c23-18-16(12-21-8-10-22(11-9-21)19(24)25)20-17(26-18)15-7-3-5-13-4-1-2-6-14(13)15/h1-7,12H,8-11H2,(H,24,25). The van der Waals surface area contributed by atoms with Crippen LogP contribution in [-0.4, -0.2) is 59.0 Å². The Morgan fingerprint density at radius 3 is 2.58 bits per heavy atom. The van der Waals surface area contributed by atoms with Crippen molar-refractivity contribution in [1.29, 1.82) is 0 Å². The zero-order valence-corrected chi connectivity index (χ0v) is 14.0. The van der Waals surface area contributed by atoms with Crippen LogP contribution in [0, 0.1) is 0 Å². The highest BCUT2D eigenvalue weighted by Gasteiger charge is 2.27. The van der Waals surface area contributed by atoms with Gasteiger partial charge < -0.3 is 19.6 Å². The second-order valence-corrected chi connectivity index (χ2v) is 6.15. The lowest BCUT2D eigenvalue weighted by Gasteiger charge is -2.32. The number of ether oxygens (including phenoxy) is 1. The Kier molecular flexibility index (Phi) is 4.04. The van der Waals surface area contributed by atoms with Crippen LogP contribution < -0.4 is 0 Å². The molecule has 0 aromatic heterocycles. The molecular weight excluding hydrogens is 334 g/mol. The minimum absolute atomic E-state index is 0.233. The fourth-order valence-corrected chi connectivity index (χ4v) is 3.14. The zero-order chi connectivity index (χ0) is 18.1. The van der Waals surface area contributed by atoms with Gasteiger partial charge in [-0.15, -0.1) is 0 Å². The van der Waals surface area contributed by atoms with E-state index in [4.69, 9.17) is 9.84 Å². The molecule has 0 bridgehead atoms. The molecule has 0 aliphatic carbocycles. The number of aliphatic imine (C=N–C) groups is 1. The Labute approximate surface area is 149 Å². The molecule has 2 aromatic rings. The van der Waals surface area contributed by atoms with E-state index in [1.807, 2.05) is 47.4 Å². The highest BCUT2D eigenvalue weighted by Crippen LogP contribution is 2.24. The Bertz CT molecular complexity index is 937. The first-order valence-electron chi connectivity index (χ1n) is 8.34. The van der Waals surface area contributed by atoms with Gasteiger partial charge >= 0.3 is 12.1 Å². The number of fused-ring (bicyclic) bond motifs is 1. The second kappa shape index (κ2) is 6.51. The topological polar surface area (TPSA) is 82.4 Å². The summed E-state index contributed by atoms with van der Waals surface area (Å²) >= 11 is 0. The first-order valence-corrected chi connectivity index (χ1v) is 8.34. The van der Waals surface area contributed by atoms with Crippen molar-refractivity contribution in [3.63, 3.8) is 0 Å². The van der Waals surface area contributed by atoms with E-state index in [-0.39, 0.29) is 5.70 Å². The number of amides is 1. The molecule has 1 saturated heterocycles. The molecule has 1 fully saturated rings. The quantitative estimate of drug-likeness (QED) is 0.663. The van der Waals surface area contributed by atoms with Gasteiger partial charge in [0, 0.05) is 37.9 Å². The molecule has 7 heteroatoms. The van der Waals surface area contributed by atoms with Gasteiger partial charge in [0.1, 0.15) is 0 Å². The molecule has 2 aromatic carbocycles. The molecule has 4 rings (SSSR count). The third kappa shape index (κ3) is 2.99. The van der Waals surface area contributed by atoms with Crippen LogP contribution >= 0.6 is 0 Å². The Morgan fingerprint density at radius 2 is 1.81 bits per heavy atom. The van der Waals surface area contributed by atoms with Crippen LogP contribution in [0.25, 0.3) is 10.8 Å². The van der Waals surface area contributed by atoms with Gasteiger partial charge in [-0.3, -0.25) is 0 Å². The molecule has 7 nitrogen and oxygen atoms in total. The first kappa shape index (κ1) is 16.1. The number of rotatable bonds is 2. The van der Waals surface area contributed by atoms with E-state index in [1.54, 1.807) is 6.20 Å². The lowest BCUT2D eigenvalue weighted by atomic mass is 10.0. The number of hydrogen-bond donors (Lipinski definition) is 1. The number of carbonyl (C=O) groups excluding carboxylic acids is 1. The summed E-state index contributed by atoms with van der Waals surface area (Å²) in [5.74, 6) is -0.198. The SMILES string of the molecule is O=C1OC(c2cccc3ccccc23)=NC1=CN1CCN(C(=O)O)CC1. The molecule has 0 atom stereocenters. The third-order valence-corrected chi connectivity index (χ3v) is 4.53. The second-order valence-electron chi connectivity index (χ2n) is 6.15. The van der Waals surface area contributed by atoms with Crippen molar-refractivity contribution in [3.05, 3.63) is 59.9 Å². The largest absolute Gasteiger partial charge is 0.465 e. The van der Waals surface area contributed by atoms with Gasteiger partial charge in [0.25, 0.3) is 0 Å². The lowest BCUT2D eigenvalue weighted by Crippen LogP contribution is -2.46.